The van der Waals surface area contributed by atoms with Crippen molar-refractivity contribution in [3.8, 4) is 22.6 Å². The van der Waals surface area contributed by atoms with Crippen LogP contribution in [-0.4, -0.2) is 35.1 Å². The Morgan fingerprint density at radius 1 is 1.08 bits per heavy atom. The number of imidazole rings is 1. The molecule has 0 saturated heterocycles. The molecule has 5 heterocycles. The Labute approximate surface area is 225 Å². The number of nitrogens with zero attached hydrogens (tertiary/aromatic N) is 5. The van der Waals surface area contributed by atoms with Crippen LogP contribution in [0.1, 0.15) is 33.3 Å². The first-order chi connectivity index (χ1) is 18.7. The van der Waals surface area contributed by atoms with E-state index in [1.54, 1.807) is 43.1 Å². The monoisotopic (exact) mass is 520 g/mol. The maximum atomic E-state index is 16.2. The van der Waals surface area contributed by atoms with E-state index < -0.39 is 5.83 Å². The second-order valence-electron chi connectivity index (χ2n) is 10.1. The van der Waals surface area contributed by atoms with Crippen molar-refractivity contribution < 1.29 is 4.39 Å². The summed E-state index contributed by atoms with van der Waals surface area (Å²) in [7, 11) is 0. The largest absolute Gasteiger partial charge is 0.358 e. The summed E-state index contributed by atoms with van der Waals surface area (Å²) in [5.74, 6) is -0.160. The number of pyridine rings is 3. The van der Waals surface area contributed by atoms with E-state index in [-0.39, 0.29) is 16.2 Å². The van der Waals surface area contributed by atoms with Crippen LogP contribution >= 0.6 is 0 Å². The van der Waals surface area contributed by atoms with Gasteiger partial charge in [-0.25, -0.2) is 14.4 Å². The molecule has 3 N–H and O–H groups in total. The summed E-state index contributed by atoms with van der Waals surface area (Å²) in [6.45, 7) is 16.1. The van der Waals surface area contributed by atoms with Crippen molar-refractivity contribution in [1.29, 1.82) is 0 Å². The third-order valence-corrected chi connectivity index (χ3v) is 6.44. The van der Waals surface area contributed by atoms with Crippen LogP contribution < -0.4 is 15.9 Å². The molecule has 5 aromatic rings. The molecular weight excluding hydrogens is 491 g/mol. The number of hydrogen-bond donors (Lipinski definition) is 3. The summed E-state index contributed by atoms with van der Waals surface area (Å²) in [6, 6.07) is 7.50. The number of nitrogens with one attached hydrogen (secondary N) is 3. The second-order valence-corrected chi connectivity index (χ2v) is 10.1. The van der Waals surface area contributed by atoms with E-state index in [9.17, 15) is 0 Å². The van der Waals surface area contributed by atoms with Gasteiger partial charge in [0.2, 0.25) is 0 Å². The fourth-order valence-corrected chi connectivity index (χ4v) is 4.06. The highest BCUT2D eigenvalue weighted by molar-refractivity contribution is 5.95. The van der Waals surface area contributed by atoms with Gasteiger partial charge >= 0.3 is 0 Å². The molecule has 0 aliphatic carbocycles. The Balaban J connectivity index is 1.60. The lowest BCUT2D eigenvalue weighted by Crippen LogP contribution is -2.26. The average Bonchev–Trinajstić information content (AvgIpc) is 3.56. The molecule has 0 atom stereocenters. The lowest BCUT2D eigenvalue weighted by Gasteiger charge is -2.23. The van der Waals surface area contributed by atoms with Crippen LogP contribution in [0.25, 0.3) is 51.3 Å². The van der Waals surface area contributed by atoms with Gasteiger partial charge in [-0.15, -0.1) is 0 Å². The SMILES string of the molecule is C=C(/C(F)=c1/c(-c2nc3nccc(-c4cccnc4)c3[nH]2)n[nH]/c1=C/C)c1cncc(NC(=C)C(C)(C)C)c1. The van der Waals surface area contributed by atoms with Gasteiger partial charge < -0.3 is 10.3 Å². The number of rotatable bonds is 6. The lowest BCUT2D eigenvalue weighted by atomic mass is 9.93. The van der Waals surface area contributed by atoms with Crippen molar-refractivity contribution in [2.24, 2.45) is 5.41 Å². The van der Waals surface area contributed by atoms with Gasteiger partial charge in [-0.1, -0.05) is 46.1 Å². The molecule has 0 fully saturated rings. The first-order valence-corrected chi connectivity index (χ1v) is 12.4. The molecule has 0 amide bonds. The van der Waals surface area contributed by atoms with Gasteiger partial charge in [0.25, 0.3) is 0 Å². The quantitative estimate of drug-likeness (QED) is 0.278. The van der Waals surface area contributed by atoms with Crippen LogP contribution in [0.4, 0.5) is 10.1 Å². The summed E-state index contributed by atoms with van der Waals surface area (Å²) in [5, 5.41) is 11.3. The lowest BCUT2D eigenvalue weighted by molar-refractivity contribution is 0.509. The van der Waals surface area contributed by atoms with Gasteiger partial charge in [-0.05, 0) is 25.1 Å². The normalized spacial score (nSPS) is 13.0. The number of aromatic amines is 2. The summed E-state index contributed by atoms with van der Waals surface area (Å²) >= 11 is 0. The number of anilines is 1. The van der Waals surface area contributed by atoms with E-state index in [2.05, 4.69) is 74.4 Å². The third kappa shape index (κ3) is 4.98. The zero-order valence-electron chi connectivity index (χ0n) is 22.3. The molecule has 0 aliphatic heterocycles. The maximum absolute atomic E-state index is 16.2. The van der Waals surface area contributed by atoms with Gasteiger partial charge in [0.05, 0.1) is 28.0 Å². The summed E-state index contributed by atoms with van der Waals surface area (Å²) in [5.41, 5.74) is 5.37. The summed E-state index contributed by atoms with van der Waals surface area (Å²) < 4.78 is 16.2. The minimum atomic E-state index is -0.540. The Morgan fingerprint density at radius 3 is 2.62 bits per heavy atom. The second kappa shape index (κ2) is 10.1. The van der Waals surface area contributed by atoms with Crippen molar-refractivity contribution >= 4 is 34.3 Å². The van der Waals surface area contributed by atoms with Crippen LogP contribution in [0.15, 0.2) is 74.1 Å². The Bertz CT molecular complexity index is 1820. The highest BCUT2D eigenvalue weighted by atomic mass is 19.1. The molecule has 5 aromatic heterocycles. The van der Waals surface area contributed by atoms with Gasteiger partial charge in [0.15, 0.2) is 11.5 Å². The molecule has 5 rings (SSSR count). The van der Waals surface area contributed by atoms with E-state index in [0.29, 0.717) is 39.3 Å². The number of halogens is 1. The Kier molecular flexibility index (Phi) is 6.66. The Hall–Kier alpha value is -4.92. The molecule has 0 radical (unpaired) electrons. The fourth-order valence-electron chi connectivity index (χ4n) is 4.06. The van der Waals surface area contributed by atoms with Crippen LogP contribution in [0.5, 0.6) is 0 Å². The van der Waals surface area contributed by atoms with Crippen molar-refractivity contribution in [2.75, 3.05) is 5.32 Å². The topological polar surface area (TPSA) is 108 Å². The molecule has 39 heavy (non-hydrogen) atoms. The molecule has 9 heteroatoms. The molecule has 0 bridgehead atoms. The maximum Gasteiger partial charge on any atom is 0.178 e. The number of fused-ring (bicyclic) bond motifs is 1. The zero-order chi connectivity index (χ0) is 27.7. The number of aromatic nitrogens is 7. The van der Waals surface area contributed by atoms with Crippen molar-refractivity contribution in [3.05, 3.63) is 90.2 Å². The van der Waals surface area contributed by atoms with Gasteiger partial charge in [-0.3, -0.25) is 15.1 Å². The third-order valence-electron chi connectivity index (χ3n) is 6.44. The predicted octanol–water partition coefficient (Wildman–Crippen LogP) is 5.37. The molecule has 8 nitrogen and oxygen atoms in total. The van der Waals surface area contributed by atoms with Crippen molar-refractivity contribution in [1.82, 2.24) is 35.1 Å². The van der Waals surface area contributed by atoms with Crippen molar-refractivity contribution in [3.63, 3.8) is 0 Å². The van der Waals surface area contributed by atoms with Gasteiger partial charge in [-0.2, -0.15) is 5.10 Å². The minimum Gasteiger partial charge on any atom is -0.358 e. The number of hydrogen-bond acceptors (Lipinski definition) is 6. The van der Waals surface area contributed by atoms with E-state index in [0.717, 1.165) is 16.8 Å². The number of allylic oxidation sites excluding steroid dienone is 2. The highest BCUT2D eigenvalue weighted by Crippen LogP contribution is 2.29. The predicted molar refractivity (Wildman–Crippen MR) is 154 cm³/mol. The molecule has 0 aromatic carbocycles. The molecule has 0 unspecified atom stereocenters. The number of H-pyrrole nitrogens is 2. The van der Waals surface area contributed by atoms with Gasteiger partial charge in [0, 0.05) is 58.2 Å². The van der Waals surface area contributed by atoms with E-state index in [4.69, 9.17) is 0 Å². The first-order valence-electron chi connectivity index (χ1n) is 12.4. The first kappa shape index (κ1) is 25.7. The zero-order valence-corrected chi connectivity index (χ0v) is 22.3. The fraction of sp³-hybridized carbons (Fsp3) is 0.167. The van der Waals surface area contributed by atoms with E-state index >= 15 is 4.39 Å². The van der Waals surface area contributed by atoms with Gasteiger partial charge in [0.1, 0.15) is 11.5 Å². The molecule has 0 saturated carbocycles. The van der Waals surface area contributed by atoms with Crippen LogP contribution in [-0.2, 0) is 0 Å². The summed E-state index contributed by atoms with van der Waals surface area (Å²) in [4.78, 5) is 20.8. The molecular formula is C30H29FN8. The molecule has 0 aliphatic rings. The van der Waals surface area contributed by atoms with Crippen LogP contribution in [0, 0.1) is 5.41 Å². The van der Waals surface area contributed by atoms with Crippen LogP contribution in [0.3, 0.4) is 0 Å². The molecule has 196 valence electrons. The standard InChI is InChI=1S/C30H29FN8/c1-7-23-24(25(31)17(2)20-13-21(16-33-15-20)35-18(3)30(4,5)6)27(39-38-23)29-36-26-22(10-12-34-28(26)37-29)19-9-8-11-32-14-19/h7-16,35,38H,2-3H2,1,4-6H3,(H,34,36,37)/b23-7+,25-24-. The van der Waals surface area contributed by atoms with Crippen LogP contribution in [0.2, 0.25) is 0 Å². The Morgan fingerprint density at radius 2 is 1.90 bits per heavy atom. The smallest absolute Gasteiger partial charge is 0.178 e. The minimum absolute atomic E-state index is 0.153. The summed E-state index contributed by atoms with van der Waals surface area (Å²) in [6.07, 6.45) is 10.2. The van der Waals surface area contributed by atoms with Crippen molar-refractivity contribution in [2.45, 2.75) is 27.7 Å². The van der Waals surface area contributed by atoms with E-state index in [1.165, 1.54) is 0 Å². The van der Waals surface area contributed by atoms with E-state index in [1.807, 2.05) is 25.1 Å². The highest BCUT2D eigenvalue weighted by Gasteiger charge is 2.19. The molecule has 0 spiro atoms. The average molecular weight is 521 g/mol.